The first kappa shape index (κ1) is 13.0. The summed E-state index contributed by atoms with van der Waals surface area (Å²) in [4.78, 5) is 0. The third kappa shape index (κ3) is 3.48. The van der Waals surface area contributed by atoms with E-state index in [0.29, 0.717) is 11.1 Å². The third-order valence-corrected chi connectivity index (χ3v) is 2.40. The van der Waals surface area contributed by atoms with Crippen molar-refractivity contribution in [3.8, 4) is 0 Å². The Hall–Kier alpha value is -1.10. The molecule has 0 radical (unpaired) electrons. The highest BCUT2D eigenvalue weighted by Gasteiger charge is 2.32. The lowest BCUT2D eigenvalue weighted by molar-refractivity contribution is -0.140. The highest BCUT2D eigenvalue weighted by molar-refractivity contribution is 5.29. The Morgan fingerprint density at radius 3 is 2.44 bits per heavy atom. The Morgan fingerprint density at radius 2 is 1.94 bits per heavy atom. The molecule has 1 N–H and O–H groups in total. The van der Waals surface area contributed by atoms with Crippen molar-refractivity contribution in [3.05, 3.63) is 35.1 Å². The maximum atomic E-state index is 13.0. The van der Waals surface area contributed by atoms with Crippen LogP contribution in [0.1, 0.15) is 23.6 Å². The number of hydrogen-bond donors (Lipinski definition) is 1. The first-order valence-electron chi connectivity index (χ1n) is 4.83. The van der Waals surface area contributed by atoms with Crippen LogP contribution in [0.5, 0.6) is 0 Å². The molecule has 1 aromatic rings. The molecule has 1 aromatic carbocycles. The molecule has 90 valence electrons. The first-order valence-corrected chi connectivity index (χ1v) is 4.83. The predicted octanol–water partition coefficient (Wildman–Crippen LogP) is 3.35. The largest absolute Gasteiger partial charge is 0.390 e. The summed E-state index contributed by atoms with van der Waals surface area (Å²) in [5, 5.41) is 2.56. The molecule has 0 fully saturated rings. The lowest BCUT2D eigenvalue weighted by Crippen LogP contribution is -2.24. The number of alkyl halides is 3. The Bertz CT molecular complexity index is 359. The quantitative estimate of drug-likeness (QED) is 0.792. The van der Waals surface area contributed by atoms with Gasteiger partial charge in [0, 0.05) is 6.04 Å². The fourth-order valence-corrected chi connectivity index (χ4v) is 1.59. The number of rotatable bonds is 3. The lowest BCUT2D eigenvalue weighted by atomic mass is 9.98. The van der Waals surface area contributed by atoms with Gasteiger partial charge in [-0.05, 0) is 37.2 Å². The Kier molecular flexibility index (Phi) is 3.91. The van der Waals surface area contributed by atoms with E-state index in [1.54, 1.807) is 6.92 Å². The normalized spacial score (nSPS) is 13.9. The first-order chi connectivity index (χ1) is 7.33. The number of nitrogens with one attached hydrogen (secondary N) is 1. The number of benzene rings is 1. The topological polar surface area (TPSA) is 12.0 Å². The molecule has 0 aliphatic heterocycles. The molecule has 0 aromatic heterocycles. The predicted molar refractivity (Wildman–Crippen MR) is 53.6 cm³/mol. The van der Waals surface area contributed by atoms with Crippen LogP contribution in [0, 0.1) is 12.7 Å². The molecule has 0 saturated carbocycles. The van der Waals surface area contributed by atoms with Gasteiger partial charge in [0.25, 0.3) is 0 Å². The summed E-state index contributed by atoms with van der Waals surface area (Å²) >= 11 is 0. The maximum absolute atomic E-state index is 13.0. The molecule has 5 heteroatoms. The van der Waals surface area contributed by atoms with Crippen molar-refractivity contribution in [2.75, 3.05) is 7.05 Å². The summed E-state index contributed by atoms with van der Waals surface area (Å²) in [5.74, 6) is -0.525. The van der Waals surface area contributed by atoms with Crippen molar-refractivity contribution in [2.45, 2.75) is 25.6 Å². The summed E-state index contributed by atoms with van der Waals surface area (Å²) in [6.45, 7) is 1.66. The summed E-state index contributed by atoms with van der Waals surface area (Å²) in [5.41, 5.74) is 0.991. The van der Waals surface area contributed by atoms with Crippen LogP contribution in [-0.4, -0.2) is 13.2 Å². The summed E-state index contributed by atoms with van der Waals surface area (Å²) < 4.78 is 49.8. The zero-order valence-electron chi connectivity index (χ0n) is 9.03. The van der Waals surface area contributed by atoms with Crippen LogP contribution in [-0.2, 0) is 0 Å². The van der Waals surface area contributed by atoms with Gasteiger partial charge in [0.1, 0.15) is 5.82 Å². The molecule has 1 rings (SSSR count). The molecule has 1 atom stereocenters. The average Bonchev–Trinajstić information content (AvgIpc) is 2.17. The van der Waals surface area contributed by atoms with Gasteiger partial charge in [0.15, 0.2) is 0 Å². The number of halogens is 4. The summed E-state index contributed by atoms with van der Waals surface area (Å²) in [6, 6.07) is 2.95. The highest BCUT2D eigenvalue weighted by Crippen LogP contribution is 2.30. The van der Waals surface area contributed by atoms with Crippen molar-refractivity contribution in [2.24, 2.45) is 0 Å². The standard InChI is InChI=1S/C11H13F4N/c1-7-3-4-8(12)5-9(7)10(16-2)6-11(13,14)15/h3-5,10,16H,6H2,1-2H3. The molecule has 1 unspecified atom stereocenters. The van der Waals surface area contributed by atoms with Crippen LogP contribution in [0.15, 0.2) is 18.2 Å². The molecular formula is C11H13F4N. The monoisotopic (exact) mass is 235 g/mol. The SMILES string of the molecule is CNC(CC(F)(F)F)c1cc(F)ccc1C. The fraction of sp³-hybridized carbons (Fsp3) is 0.455. The Morgan fingerprint density at radius 1 is 1.31 bits per heavy atom. The molecule has 0 aliphatic rings. The minimum atomic E-state index is -4.27. The fourth-order valence-electron chi connectivity index (χ4n) is 1.59. The van der Waals surface area contributed by atoms with Gasteiger partial charge in [-0.25, -0.2) is 4.39 Å². The minimum absolute atomic E-state index is 0.347. The van der Waals surface area contributed by atoms with Gasteiger partial charge in [0.05, 0.1) is 6.42 Å². The average molecular weight is 235 g/mol. The van der Waals surface area contributed by atoms with Crippen molar-refractivity contribution < 1.29 is 17.6 Å². The van der Waals surface area contributed by atoms with Crippen LogP contribution in [0.25, 0.3) is 0 Å². The minimum Gasteiger partial charge on any atom is -0.313 e. The van der Waals surface area contributed by atoms with Gasteiger partial charge >= 0.3 is 6.18 Å². The molecular weight excluding hydrogens is 222 g/mol. The van der Waals surface area contributed by atoms with E-state index in [2.05, 4.69) is 5.32 Å². The van der Waals surface area contributed by atoms with Crippen molar-refractivity contribution in [3.63, 3.8) is 0 Å². The zero-order chi connectivity index (χ0) is 12.3. The van der Waals surface area contributed by atoms with Crippen molar-refractivity contribution >= 4 is 0 Å². The van der Waals surface area contributed by atoms with Crippen LogP contribution >= 0.6 is 0 Å². The second-order valence-electron chi connectivity index (χ2n) is 3.66. The number of hydrogen-bond acceptors (Lipinski definition) is 1. The molecule has 0 aliphatic carbocycles. The van der Waals surface area contributed by atoms with Crippen molar-refractivity contribution in [1.82, 2.24) is 5.32 Å². The van der Waals surface area contributed by atoms with Crippen molar-refractivity contribution in [1.29, 1.82) is 0 Å². The summed E-state index contributed by atoms with van der Waals surface area (Å²) in [7, 11) is 1.43. The number of aryl methyl sites for hydroxylation is 1. The van der Waals surface area contributed by atoms with E-state index in [4.69, 9.17) is 0 Å². The van der Waals surface area contributed by atoms with E-state index in [9.17, 15) is 17.6 Å². The highest BCUT2D eigenvalue weighted by atomic mass is 19.4. The van der Waals surface area contributed by atoms with Crippen LogP contribution < -0.4 is 5.32 Å². The van der Waals surface area contributed by atoms with Gasteiger partial charge in [-0.15, -0.1) is 0 Å². The molecule has 0 bridgehead atoms. The van der Waals surface area contributed by atoms with E-state index in [-0.39, 0.29) is 0 Å². The Labute approximate surface area is 91.5 Å². The Balaban J connectivity index is 2.99. The van der Waals surface area contributed by atoms with Gasteiger partial charge in [0.2, 0.25) is 0 Å². The van der Waals surface area contributed by atoms with Crippen LogP contribution in [0.2, 0.25) is 0 Å². The van der Waals surface area contributed by atoms with E-state index in [1.807, 2.05) is 0 Å². The van der Waals surface area contributed by atoms with E-state index < -0.39 is 24.5 Å². The molecule has 0 spiro atoms. The molecule has 0 amide bonds. The lowest BCUT2D eigenvalue weighted by Gasteiger charge is -2.20. The van der Waals surface area contributed by atoms with E-state index >= 15 is 0 Å². The second-order valence-corrected chi connectivity index (χ2v) is 3.66. The zero-order valence-corrected chi connectivity index (χ0v) is 9.03. The van der Waals surface area contributed by atoms with E-state index in [1.165, 1.54) is 19.2 Å². The molecule has 1 nitrogen and oxygen atoms in total. The van der Waals surface area contributed by atoms with Gasteiger partial charge < -0.3 is 5.32 Å². The smallest absolute Gasteiger partial charge is 0.313 e. The van der Waals surface area contributed by atoms with Gasteiger partial charge in [-0.3, -0.25) is 0 Å². The summed E-state index contributed by atoms with van der Waals surface area (Å²) in [6.07, 6.45) is -5.28. The maximum Gasteiger partial charge on any atom is 0.390 e. The molecule has 16 heavy (non-hydrogen) atoms. The molecule has 0 saturated heterocycles. The van der Waals surface area contributed by atoms with Gasteiger partial charge in [-0.2, -0.15) is 13.2 Å². The third-order valence-electron chi connectivity index (χ3n) is 2.40. The van der Waals surface area contributed by atoms with Crippen LogP contribution in [0.4, 0.5) is 17.6 Å². The molecule has 0 heterocycles. The second kappa shape index (κ2) is 4.82. The van der Waals surface area contributed by atoms with Gasteiger partial charge in [-0.1, -0.05) is 6.07 Å². The van der Waals surface area contributed by atoms with Crippen LogP contribution in [0.3, 0.4) is 0 Å². The van der Waals surface area contributed by atoms with E-state index in [0.717, 1.165) is 6.07 Å².